The van der Waals surface area contributed by atoms with Crippen molar-refractivity contribution in [3.05, 3.63) is 36.5 Å². The zero-order chi connectivity index (χ0) is 11.3. The first-order valence-corrected chi connectivity index (χ1v) is 6.17. The van der Waals surface area contributed by atoms with E-state index in [1.165, 1.54) is 12.8 Å². The van der Waals surface area contributed by atoms with Crippen LogP contribution in [0.4, 0.5) is 0 Å². The van der Waals surface area contributed by atoms with E-state index in [-0.39, 0.29) is 0 Å². The lowest BCUT2D eigenvalue weighted by molar-refractivity contribution is -0.309. The van der Waals surface area contributed by atoms with Gasteiger partial charge >= 0.3 is 0 Å². The minimum absolute atomic E-state index is 0.462. The minimum Gasteiger partial charge on any atom is -0.251 e. The van der Waals surface area contributed by atoms with Gasteiger partial charge in [0.2, 0.25) is 0 Å². The van der Waals surface area contributed by atoms with Crippen LogP contribution >= 0.6 is 0 Å². The van der Waals surface area contributed by atoms with Crippen molar-refractivity contribution in [2.24, 2.45) is 5.92 Å². The molecule has 2 unspecified atom stereocenters. The van der Waals surface area contributed by atoms with Gasteiger partial charge in [-0.15, -0.1) is 0 Å². The number of rotatable bonds is 3. The molecule has 2 atom stereocenters. The average Bonchev–Trinajstić information content (AvgIpc) is 2.39. The molecule has 0 aromatic rings. The summed E-state index contributed by atoms with van der Waals surface area (Å²) in [6.45, 7) is 0. The first-order chi connectivity index (χ1) is 7.85. The van der Waals surface area contributed by atoms with E-state index < -0.39 is 5.60 Å². The second-order valence-electron chi connectivity index (χ2n) is 4.77. The van der Waals surface area contributed by atoms with E-state index in [4.69, 9.17) is 10.1 Å². The van der Waals surface area contributed by atoms with Gasteiger partial charge in [0.1, 0.15) is 5.60 Å². The molecular weight excluding hydrogens is 200 g/mol. The molecule has 0 radical (unpaired) electrons. The lowest BCUT2D eigenvalue weighted by Gasteiger charge is -2.28. The van der Waals surface area contributed by atoms with Crippen LogP contribution in [0.25, 0.3) is 0 Å². The lowest BCUT2D eigenvalue weighted by Crippen LogP contribution is -2.30. The molecular formula is C14H20O2. The summed E-state index contributed by atoms with van der Waals surface area (Å²) in [5, 5.41) is 9.07. The largest absolute Gasteiger partial charge is 0.251 e. The second-order valence-corrected chi connectivity index (χ2v) is 4.77. The topological polar surface area (TPSA) is 29.5 Å². The first kappa shape index (κ1) is 11.6. The smallest absolute Gasteiger partial charge is 0.125 e. The van der Waals surface area contributed by atoms with Crippen molar-refractivity contribution in [1.82, 2.24) is 0 Å². The Morgan fingerprint density at radius 2 is 2.06 bits per heavy atom. The van der Waals surface area contributed by atoms with Gasteiger partial charge in [-0.2, -0.15) is 0 Å². The Hall–Kier alpha value is -0.860. The molecule has 0 aromatic heterocycles. The van der Waals surface area contributed by atoms with E-state index in [1.807, 2.05) is 0 Å². The third kappa shape index (κ3) is 2.83. The van der Waals surface area contributed by atoms with Crippen LogP contribution < -0.4 is 0 Å². The summed E-state index contributed by atoms with van der Waals surface area (Å²) in [6, 6.07) is 0. The first-order valence-electron chi connectivity index (χ1n) is 6.17. The fourth-order valence-electron chi connectivity index (χ4n) is 2.40. The Kier molecular flexibility index (Phi) is 3.97. The molecule has 0 saturated carbocycles. The van der Waals surface area contributed by atoms with Crippen molar-refractivity contribution < 1.29 is 10.1 Å². The molecule has 2 nitrogen and oxygen atoms in total. The third-order valence-electron chi connectivity index (χ3n) is 3.53. The van der Waals surface area contributed by atoms with E-state index >= 15 is 0 Å². The molecule has 0 heterocycles. The maximum absolute atomic E-state index is 9.07. The van der Waals surface area contributed by atoms with Crippen LogP contribution in [-0.4, -0.2) is 10.9 Å². The maximum atomic E-state index is 9.07. The van der Waals surface area contributed by atoms with Gasteiger partial charge in [-0.3, -0.25) is 5.26 Å². The summed E-state index contributed by atoms with van der Waals surface area (Å²) in [4.78, 5) is 4.71. The molecule has 0 fully saturated rings. The summed E-state index contributed by atoms with van der Waals surface area (Å²) < 4.78 is 0. The second kappa shape index (κ2) is 5.46. The van der Waals surface area contributed by atoms with Gasteiger partial charge in [0.15, 0.2) is 0 Å². The summed E-state index contributed by atoms with van der Waals surface area (Å²) >= 11 is 0. The van der Waals surface area contributed by atoms with E-state index in [0.29, 0.717) is 5.92 Å². The normalized spacial score (nSPS) is 34.7. The van der Waals surface area contributed by atoms with Crippen molar-refractivity contribution in [3.8, 4) is 0 Å². The van der Waals surface area contributed by atoms with Crippen LogP contribution in [0, 0.1) is 5.92 Å². The van der Waals surface area contributed by atoms with Gasteiger partial charge in [-0.1, -0.05) is 36.5 Å². The van der Waals surface area contributed by atoms with Crippen LogP contribution in [0.15, 0.2) is 36.5 Å². The summed E-state index contributed by atoms with van der Waals surface area (Å²) in [6.07, 6.45) is 19.1. The maximum Gasteiger partial charge on any atom is 0.125 e. The Morgan fingerprint density at radius 3 is 2.69 bits per heavy atom. The number of hydrogen-bond acceptors (Lipinski definition) is 2. The highest BCUT2D eigenvalue weighted by atomic mass is 17.1. The van der Waals surface area contributed by atoms with Gasteiger partial charge in [-0.05, 0) is 38.0 Å². The van der Waals surface area contributed by atoms with Crippen LogP contribution in [-0.2, 0) is 4.89 Å². The highest BCUT2D eigenvalue weighted by molar-refractivity contribution is 5.12. The van der Waals surface area contributed by atoms with Crippen molar-refractivity contribution in [2.45, 2.75) is 44.1 Å². The standard InChI is InChI=1S/C14H20O2/c15-16-14(10-5-2-6-11-14)12-9-13-7-3-1-4-8-13/h1-3,5,9,12-13,15H,4,6-8,10-11H2/b12-9+. The lowest BCUT2D eigenvalue weighted by atomic mass is 9.86. The van der Waals surface area contributed by atoms with Crippen molar-refractivity contribution in [1.29, 1.82) is 0 Å². The van der Waals surface area contributed by atoms with Crippen LogP contribution in [0.1, 0.15) is 38.5 Å². The Bertz CT molecular complexity index is 304. The van der Waals surface area contributed by atoms with Crippen molar-refractivity contribution in [2.75, 3.05) is 0 Å². The summed E-state index contributed by atoms with van der Waals surface area (Å²) in [5.41, 5.74) is -0.462. The average molecular weight is 220 g/mol. The Balaban J connectivity index is 1.97. The van der Waals surface area contributed by atoms with E-state index in [0.717, 1.165) is 25.7 Å². The van der Waals surface area contributed by atoms with Gasteiger partial charge in [0.25, 0.3) is 0 Å². The van der Waals surface area contributed by atoms with E-state index in [9.17, 15) is 0 Å². The van der Waals surface area contributed by atoms with Crippen molar-refractivity contribution in [3.63, 3.8) is 0 Å². The van der Waals surface area contributed by atoms with Gasteiger partial charge in [0, 0.05) is 6.42 Å². The Labute approximate surface area is 97.2 Å². The van der Waals surface area contributed by atoms with Gasteiger partial charge < -0.3 is 0 Å². The van der Waals surface area contributed by atoms with Crippen LogP contribution in [0.3, 0.4) is 0 Å². The highest BCUT2D eigenvalue weighted by Gasteiger charge is 2.28. The molecule has 16 heavy (non-hydrogen) atoms. The molecule has 0 aliphatic heterocycles. The minimum atomic E-state index is -0.462. The zero-order valence-corrected chi connectivity index (χ0v) is 9.64. The Morgan fingerprint density at radius 1 is 1.19 bits per heavy atom. The number of allylic oxidation sites excluding steroid dienone is 4. The van der Waals surface area contributed by atoms with Crippen molar-refractivity contribution >= 4 is 0 Å². The van der Waals surface area contributed by atoms with E-state index in [1.54, 1.807) is 0 Å². The van der Waals surface area contributed by atoms with E-state index in [2.05, 4.69) is 36.5 Å². The molecule has 0 saturated heterocycles. The fourth-order valence-corrected chi connectivity index (χ4v) is 2.40. The molecule has 88 valence electrons. The monoisotopic (exact) mass is 220 g/mol. The van der Waals surface area contributed by atoms with Crippen LogP contribution in [0.5, 0.6) is 0 Å². The molecule has 0 aromatic carbocycles. The van der Waals surface area contributed by atoms with Gasteiger partial charge in [-0.25, -0.2) is 4.89 Å². The summed E-state index contributed by atoms with van der Waals surface area (Å²) in [7, 11) is 0. The predicted octanol–water partition coefficient (Wildman–Crippen LogP) is 3.87. The molecule has 1 N–H and O–H groups in total. The van der Waals surface area contributed by atoms with Crippen LogP contribution in [0.2, 0.25) is 0 Å². The predicted molar refractivity (Wildman–Crippen MR) is 65.1 cm³/mol. The summed E-state index contributed by atoms with van der Waals surface area (Å²) in [5.74, 6) is 0.614. The zero-order valence-electron chi connectivity index (χ0n) is 9.64. The SMILES string of the molecule is OOC1(/C=C/C2CC=CCC2)CC=CCC1. The highest BCUT2D eigenvalue weighted by Crippen LogP contribution is 2.30. The third-order valence-corrected chi connectivity index (χ3v) is 3.53. The van der Waals surface area contributed by atoms with Gasteiger partial charge in [0.05, 0.1) is 0 Å². The number of hydrogen-bond donors (Lipinski definition) is 1. The molecule has 0 bridgehead atoms. The molecule has 0 spiro atoms. The molecule has 2 rings (SSSR count). The fraction of sp³-hybridized carbons (Fsp3) is 0.571. The quantitative estimate of drug-likeness (QED) is 0.444. The molecule has 2 heteroatoms. The molecule has 2 aliphatic rings. The molecule has 2 aliphatic carbocycles. The molecule has 0 amide bonds.